The first kappa shape index (κ1) is 49.5. The maximum atomic E-state index is 12.5. The van der Waals surface area contributed by atoms with Crippen LogP contribution < -0.4 is 5.73 Å². The Morgan fingerprint density at radius 3 is 1.75 bits per heavy atom. The van der Waals surface area contributed by atoms with E-state index in [1.165, 1.54) is 57.8 Å². The monoisotopic (exact) mass is 749 g/mol. The number of carbonyl (C=O) groups is 2. The van der Waals surface area contributed by atoms with Crippen LogP contribution in [0.5, 0.6) is 0 Å². The number of hydrogen-bond acceptors (Lipinski definition) is 8. The van der Waals surface area contributed by atoms with Gasteiger partial charge in [-0.15, -0.1) is 0 Å². The maximum absolute atomic E-state index is 12.5. The molecule has 0 aliphatic carbocycles. The molecule has 0 saturated heterocycles. The van der Waals surface area contributed by atoms with Crippen LogP contribution in [0.2, 0.25) is 0 Å². The Morgan fingerprint density at radius 1 is 0.596 bits per heavy atom. The number of carbonyl (C=O) groups excluding carboxylic acids is 2. The molecule has 0 aromatic heterocycles. The zero-order chi connectivity index (χ0) is 38.2. The summed E-state index contributed by atoms with van der Waals surface area (Å²) < 4.78 is 32.6. The Balaban J connectivity index is 4.34. The Hall–Kier alpha value is -2.55. The number of unbranched alkanes of at least 4 members (excludes halogenated alkanes) is 14. The van der Waals surface area contributed by atoms with Crippen molar-refractivity contribution in [3.05, 3.63) is 72.9 Å². The summed E-state index contributed by atoms with van der Waals surface area (Å²) in [7, 11) is -4.40. The van der Waals surface area contributed by atoms with Gasteiger partial charge in [0.1, 0.15) is 6.61 Å². The van der Waals surface area contributed by atoms with Crippen LogP contribution in [0.15, 0.2) is 72.9 Å². The van der Waals surface area contributed by atoms with Crippen molar-refractivity contribution in [2.75, 3.05) is 26.4 Å². The first-order chi connectivity index (χ1) is 25.3. The molecule has 0 saturated carbocycles. The molecular weight excluding hydrogens is 677 g/mol. The smallest absolute Gasteiger partial charge is 0.462 e. The minimum absolute atomic E-state index is 0.0385. The molecule has 10 heteroatoms. The molecule has 2 atom stereocenters. The van der Waals surface area contributed by atoms with Gasteiger partial charge < -0.3 is 20.1 Å². The molecule has 0 heterocycles. The Morgan fingerprint density at radius 2 is 1.12 bits per heavy atom. The molecule has 52 heavy (non-hydrogen) atoms. The van der Waals surface area contributed by atoms with E-state index in [0.717, 1.165) is 51.4 Å². The number of nitrogens with two attached hydrogens (primary N) is 1. The molecule has 0 amide bonds. The van der Waals surface area contributed by atoms with E-state index in [4.69, 9.17) is 24.3 Å². The fourth-order valence-electron chi connectivity index (χ4n) is 4.93. The van der Waals surface area contributed by atoms with Gasteiger partial charge in [-0.2, -0.15) is 0 Å². The summed E-state index contributed by atoms with van der Waals surface area (Å²) in [6.45, 7) is 3.56. The SMILES string of the molecule is CCCCC/C=C/C=C/C=C/C=C/CCCCCCCC(=O)OCC(COP(=O)(O)OCCN)OC(=O)CC/C=C/C/C=C/CCCCCCCC. The first-order valence-electron chi connectivity index (χ1n) is 20.0. The van der Waals surface area contributed by atoms with Crippen LogP contribution in [0.25, 0.3) is 0 Å². The number of ether oxygens (including phenoxy) is 2. The van der Waals surface area contributed by atoms with Crippen molar-refractivity contribution in [3.8, 4) is 0 Å². The number of phosphoric ester groups is 1. The second kappa shape index (κ2) is 38.2. The molecule has 3 N–H and O–H groups in total. The average Bonchev–Trinajstić information content (AvgIpc) is 3.13. The van der Waals surface area contributed by atoms with E-state index in [2.05, 4.69) is 56.4 Å². The lowest BCUT2D eigenvalue weighted by Gasteiger charge is -2.19. The predicted molar refractivity (Wildman–Crippen MR) is 215 cm³/mol. The van der Waals surface area contributed by atoms with Crippen LogP contribution >= 0.6 is 7.82 Å². The van der Waals surface area contributed by atoms with E-state index in [1.54, 1.807) is 0 Å². The van der Waals surface area contributed by atoms with Crippen LogP contribution in [0.4, 0.5) is 0 Å². The van der Waals surface area contributed by atoms with Crippen LogP contribution in [0.1, 0.15) is 149 Å². The van der Waals surface area contributed by atoms with Gasteiger partial charge in [-0.1, -0.05) is 151 Å². The summed E-state index contributed by atoms with van der Waals surface area (Å²) in [6.07, 6.45) is 45.1. The highest BCUT2D eigenvalue weighted by Gasteiger charge is 2.25. The molecule has 0 rings (SSSR count). The van der Waals surface area contributed by atoms with Gasteiger partial charge in [0.25, 0.3) is 0 Å². The third-order valence-electron chi connectivity index (χ3n) is 7.92. The van der Waals surface area contributed by atoms with Gasteiger partial charge in [-0.25, -0.2) is 4.57 Å². The Kier molecular flexibility index (Phi) is 36.3. The molecule has 0 aromatic carbocycles. The van der Waals surface area contributed by atoms with Crippen molar-refractivity contribution >= 4 is 19.8 Å². The Labute approximate surface area is 316 Å². The molecule has 9 nitrogen and oxygen atoms in total. The molecule has 0 aromatic rings. The molecule has 0 fully saturated rings. The molecule has 298 valence electrons. The lowest BCUT2D eigenvalue weighted by molar-refractivity contribution is -0.161. The average molecular weight is 750 g/mol. The number of phosphoric acid groups is 1. The van der Waals surface area contributed by atoms with E-state index in [-0.39, 0.29) is 32.6 Å². The van der Waals surface area contributed by atoms with Crippen LogP contribution in [0, 0.1) is 0 Å². The molecule has 0 spiro atoms. The quantitative estimate of drug-likeness (QED) is 0.0211. The van der Waals surface area contributed by atoms with Crippen molar-refractivity contribution < 1.29 is 37.6 Å². The third kappa shape index (κ3) is 37.2. The molecular formula is C42H72NO8P. The van der Waals surface area contributed by atoms with Gasteiger partial charge >= 0.3 is 19.8 Å². The zero-order valence-corrected chi connectivity index (χ0v) is 33.4. The van der Waals surface area contributed by atoms with Crippen LogP contribution in [-0.4, -0.2) is 49.3 Å². The number of allylic oxidation sites excluding steroid dienone is 12. The van der Waals surface area contributed by atoms with E-state index in [9.17, 15) is 19.0 Å². The topological polar surface area (TPSA) is 134 Å². The summed E-state index contributed by atoms with van der Waals surface area (Å²) >= 11 is 0. The van der Waals surface area contributed by atoms with E-state index in [1.807, 2.05) is 30.4 Å². The molecule has 2 unspecified atom stereocenters. The van der Waals surface area contributed by atoms with Gasteiger partial charge in [0, 0.05) is 19.4 Å². The van der Waals surface area contributed by atoms with Gasteiger partial charge in [-0.05, 0) is 57.8 Å². The minimum atomic E-state index is -4.40. The van der Waals surface area contributed by atoms with Crippen LogP contribution in [-0.2, 0) is 32.7 Å². The third-order valence-corrected chi connectivity index (χ3v) is 8.91. The first-order valence-corrected chi connectivity index (χ1v) is 21.5. The summed E-state index contributed by atoms with van der Waals surface area (Å²) in [5.41, 5.74) is 5.33. The van der Waals surface area contributed by atoms with E-state index >= 15 is 0 Å². The zero-order valence-electron chi connectivity index (χ0n) is 32.5. The summed E-state index contributed by atoms with van der Waals surface area (Å²) in [4.78, 5) is 34.7. The van der Waals surface area contributed by atoms with Gasteiger partial charge in [0.15, 0.2) is 6.10 Å². The summed E-state index contributed by atoms with van der Waals surface area (Å²) in [6, 6.07) is 0. The van der Waals surface area contributed by atoms with Crippen molar-refractivity contribution in [2.45, 2.75) is 155 Å². The number of esters is 2. The predicted octanol–water partition coefficient (Wildman–Crippen LogP) is 11.1. The largest absolute Gasteiger partial charge is 0.472 e. The Bertz CT molecular complexity index is 1080. The fourth-order valence-corrected chi connectivity index (χ4v) is 5.70. The minimum Gasteiger partial charge on any atom is -0.462 e. The second-order valence-corrected chi connectivity index (χ2v) is 14.3. The van der Waals surface area contributed by atoms with Crippen molar-refractivity contribution in [3.63, 3.8) is 0 Å². The van der Waals surface area contributed by atoms with Crippen molar-refractivity contribution in [1.29, 1.82) is 0 Å². The fraction of sp³-hybridized carbons (Fsp3) is 0.667. The van der Waals surface area contributed by atoms with Crippen molar-refractivity contribution in [2.24, 2.45) is 5.73 Å². The van der Waals surface area contributed by atoms with Gasteiger partial charge in [0.05, 0.1) is 13.2 Å². The number of rotatable bonds is 36. The molecule has 0 radical (unpaired) electrons. The van der Waals surface area contributed by atoms with Gasteiger partial charge in [0.2, 0.25) is 0 Å². The summed E-state index contributed by atoms with van der Waals surface area (Å²) in [5, 5.41) is 0. The number of hydrogen-bond donors (Lipinski definition) is 2. The highest BCUT2D eigenvalue weighted by atomic mass is 31.2. The normalized spacial score (nSPS) is 14.2. The van der Waals surface area contributed by atoms with E-state index in [0.29, 0.717) is 12.8 Å². The van der Waals surface area contributed by atoms with Crippen molar-refractivity contribution in [1.82, 2.24) is 0 Å². The summed E-state index contributed by atoms with van der Waals surface area (Å²) in [5.74, 6) is -0.942. The molecule has 0 aliphatic rings. The second-order valence-electron chi connectivity index (χ2n) is 12.9. The highest BCUT2D eigenvalue weighted by molar-refractivity contribution is 7.47. The maximum Gasteiger partial charge on any atom is 0.472 e. The van der Waals surface area contributed by atoms with Crippen LogP contribution in [0.3, 0.4) is 0 Å². The standard InChI is InChI=1S/C42H72NO8P/c1-3-5-7-9-11-13-15-17-18-19-20-21-23-24-26-28-30-32-34-41(44)48-38-40(39-50-52(46,47)49-37-36-43)51-42(45)35-33-31-29-27-25-22-16-14-12-10-8-6-4-2/h11,13,15,17-22,25,29,31,40H,3-10,12,14,16,23-24,26-28,30,32-39,43H2,1-2H3,(H,46,47)/b13-11+,17-15+,19-18+,21-20+,25-22+,31-29+. The van der Waals surface area contributed by atoms with E-state index < -0.39 is 32.5 Å². The lowest BCUT2D eigenvalue weighted by Crippen LogP contribution is -2.29. The molecule has 0 aliphatic heterocycles. The highest BCUT2D eigenvalue weighted by Crippen LogP contribution is 2.43. The lowest BCUT2D eigenvalue weighted by atomic mass is 10.1. The van der Waals surface area contributed by atoms with Gasteiger partial charge in [-0.3, -0.25) is 18.6 Å². The molecule has 0 bridgehead atoms.